The molecule has 1 aliphatic rings. The molecule has 0 bridgehead atoms. The minimum atomic E-state index is -0.664. The van der Waals surface area contributed by atoms with Crippen LogP contribution in [0.1, 0.15) is 31.0 Å². The van der Waals surface area contributed by atoms with E-state index in [0.717, 1.165) is 11.3 Å². The topological polar surface area (TPSA) is 84.1 Å². The van der Waals surface area contributed by atoms with E-state index in [4.69, 9.17) is 16.3 Å². The second-order valence-electron chi connectivity index (χ2n) is 8.33. The molecule has 1 aromatic heterocycles. The number of aromatic nitrogens is 1. The highest BCUT2D eigenvalue weighted by Crippen LogP contribution is 2.31. The lowest BCUT2D eigenvalue weighted by Crippen LogP contribution is -2.40. The van der Waals surface area contributed by atoms with E-state index in [9.17, 15) is 14.7 Å². The third kappa shape index (κ3) is 4.90. The van der Waals surface area contributed by atoms with Crippen molar-refractivity contribution in [1.29, 1.82) is 0 Å². The number of thiazole rings is 1. The first-order chi connectivity index (χ1) is 16.7. The standard InChI is InChI=1S/C26H26ClN3O4S/c1-5-34-25(33)22-15(2)28-26-30(23(22)16-6-10-19(11-7-16)29(3)4)24(32)21(35-26)13-8-17-14-18(27)9-12-20(17)31/h6-7,9-14,23,31H,5,8H2,1-4H3/b21-13+. The maximum Gasteiger partial charge on any atom is 0.338 e. The number of esters is 1. The zero-order valence-electron chi connectivity index (χ0n) is 19.9. The predicted octanol–water partition coefficient (Wildman–Crippen LogP) is 3.42. The number of fused-ring (bicyclic) bond motifs is 1. The number of carbonyl (C=O) groups excluding carboxylic acids is 1. The number of nitrogens with zero attached hydrogens (tertiary/aromatic N) is 3. The van der Waals surface area contributed by atoms with Crippen molar-refractivity contribution in [1.82, 2.24) is 4.57 Å². The van der Waals surface area contributed by atoms with Gasteiger partial charge in [-0.25, -0.2) is 9.79 Å². The molecule has 3 aromatic rings. The van der Waals surface area contributed by atoms with Crippen LogP contribution < -0.4 is 19.8 Å². The van der Waals surface area contributed by atoms with Crippen LogP contribution in [0.15, 0.2) is 63.5 Å². The van der Waals surface area contributed by atoms with Gasteiger partial charge in [0, 0.05) is 24.8 Å². The normalized spacial score (nSPS) is 15.6. The van der Waals surface area contributed by atoms with Crippen LogP contribution in [0.25, 0.3) is 6.08 Å². The van der Waals surface area contributed by atoms with Crippen LogP contribution >= 0.6 is 22.9 Å². The fourth-order valence-electron chi connectivity index (χ4n) is 4.02. The molecule has 35 heavy (non-hydrogen) atoms. The SMILES string of the molecule is CCOC(=O)C1=C(C)N=c2s/c(=C/Cc3cc(Cl)ccc3O)c(=O)n2C1c1ccc(N(C)C)cc1. The average Bonchev–Trinajstić information content (AvgIpc) is 3.13. The number of anilines is 1. The zero-order valence-corrected chi connectivity index (χ0v) is 21.5. The van der Waals surface area contributed by atoms with Crippen molar-refractivity contribution >= 4 is 40.7 Å². The van der Waals surface area contributed by atoms with Crippen LogP contribution in [-0.2, 0) is 16.0 Å². The molecule has 1 N–H and O–H groups in total. The van der Waals surface area contributed by atoms with Crippen LogP contribution in [0.2, 0.25) is 5.02 Å². The van der Waals surface area contributed by atoms with Crippen molar-refractivity contribution in [2.24, 2.45) is 4.99 Å². The van der Waals surface area contributed by atoms with Crippen LogP contribution in [0.5, 0.6) is 5.75 Å². The van der Waals surface area contributed by atoms with E-state index in [1.807, 2.05) is 43.3 Å². The van der Waals surface area contributed by atoms with Crippen molar-refractivity contribution in [2.45, 2.75) is 26.3 Å². The minimum Gasteiger partial charge on any atom is -0.508 e. The molecule has 1 atom stereocenters. The molecule has 0 fully saturated rings. The fourth-order valence-corrected chi connectivity index (χ4v) is 5.23. The van der Waals surface area contributed by atoms with E-state index in [0.29, 0.717) is 37.6 Å². The summed E-state index contributed by atoms with van der Waals surface area (Å²) in [5.74, 6) is -0.383. The van der Waals surface area contributed by atoms with Gasteiger partial charge in [-0.1, -0.05) is 41.1 Å². The molecule has 9 heteroatoms. The Hall–Kier alpha value is -3.36. The van der Waals surface area contributed by atoms with Crippen molar-refractivity contribution in [3.8, 4) is 5.75 Å². The third-order valence-corrected chi connectivity index (χ3v) is 7.06. The second kappa shape index (κ2) is 10.1. The van der Waals surface area contributed by atoms with E-state index >= 15 is 0 Å². The summed E-state index contributed by atoms with van der Waals surface area (Å²) in [6.07, 6.45) is 2.08. The van der Waals surface area contributed by atoms with E-state index < -0.39 is 12.0 Å². The molecule has 0 saturated heterocycles. The Morgan fingerprint density at radius 1 is 1.26 bits per heavy atom. The summed E-state index contributed by atoms with van der Waals surface area (Å²) in [6.45, 7) is 3.72. The van der Waals surface area contributed by atoms with E-state index in [-0.39, 0.29) is 17.9 Å². The van der Waals surface area contributed by atoms with Crippen molar-refractivity contribution < 1.29 is 14.6 Å². The van der Waals surface area contributed by atoms with Crippen LogP contribution in [0, 0.1) is 0 Å². The summed E-state index contributed by atoms with van der Waals surface area (Å²) >= 11 is 7.31. The Morgan fingerprint density at radius 3 is 2.63 bits per heavy atom. The lowest BCUT2D eigenvalue weighted by Gasteiger charge is -2.25. The van der Waals surface area contributed by atoms with Gasteiger partial charge in [-0.15, -0.1) is 0 Å². The van der Waals surface area contributed by atoms with Gasteiger partial charge in [0.2, 0.25) is 0 Å². The molecule has 0 spiro atoms. The van der Waals surface area contributed by atoms with Gasteiger partial charge in [0.1, 0.15) is 5.75 Å². The zero-order chi connectivity index (χ0) is 25.3. The van der Waals surface area contributed by atoms with E-state index in [1.54, 1.807) is 36.6 Å². The second-order valence-corrected chi connectivity index (χ2v) is 9.77. The number of hydrogen-bond donors (Lipinski definition) is 1. The molecule has 7 nitrogen and oxygen atoms in total. The molecule has 1 aliphatic heterocycles. The number of carbonyl (C=O) groups is 1. The van der Waals surface area contributed by atoms with Gasteiger partial charge >= 0.3 is 5.97 Å². The Bertz CT molecular complexity index is 1490. The molecule has 2 heterocycles. The maximum absolute atomic E-state index is 13.6. The summed E-state index contributed by atoms with van der Waals surface area (Å²) in [5.41, 5.74) is 3.00. The van der Waals surface area contributed by atoms with Crippen LogP contribution in [0.3, 0.4) is 0 Å². The third-order valence-electron chi connectivity index (χ3n) is 5.79. The number of ether oxygens (including phenoxy) is 1. The number of hydrogen-bond acceptors (Lipinski definition) is 7. The summed E-state index contributed by atoms with van der Waals surface area (Å²) in [7, 11) is 3.90. The van der Waals surface area contributed by atoms with E-state index in [2.05, 4.69) is 4.99 Å². The molecular weight excluding hydrogens is 486 g/mol. The van der Waals surface area contributed by atoms with Crippen molar-refractivity contribution in [2.75, 3.05) is 25.6 Å². The highest BCUT2D eigenvalue weighted by molar-refractivity contribution is 7.07. The van der Waals surface area contributed by atoms with Gasteiger partial charge in [-0.3, -0.25) is 9.36 Å². The van der Waals surface area contributed by atoms with Gasteiger partial charge in [0.05, 0.1) is 28.5 Å². The molecule has 182 valence electrons. The van der Waals surface area contributed by atoms with E-state index in [1.165, 1.54) is 17.4 Å². The fraction of sp³-hybridized carbons (Fsp3) is 0.269. The average molecular weight is 512 g/mol. The number of phenolic OH excluding ortho intramolecular Hbond substituents is 1. The Kier molecular flexibility index (Phi) is 7.14. The van der Waals surface area contributed by atoms with Crippen LogP contribution in [0.4, 0.5) is 5.69 Å². The highest BCUT2D eigenvalue weighted by Gasteiger charge is 2.33. The van der Waals surface area contributed by atoms with Crippen LogP contribution in [-0.4, -0.2) is 36.3 Å². The highest BCUT2D eigenvalue weighted by atomic mass is 35.5. The van der Waals surface area contributed by atoms with Gasteiger partial charge in [-0.05, 0) is 61.7 Å². The maximum atomic E-state index is 13.6. The molecule has 0 saturated carbocycles. The molecule has 4 rings (SSSR count). The molecule has 2 aromatic carbocycles. The number of allylic oxidation sites excluding steroid dienone is 1. The Labute approximate surface area is 211 Å². The number of rotatable bonds is 6. The summed E-state index contributed by atoms with van der Waals surface area (Å²) in [5, 5.41) is 10.6. The monoisotopic (exact) mass is 511 g/mol. The first-order valence-electron chi connectivity index (χ1n) is 11.1. The molecule has 0 radical (unpaired) electrons. The number of benzene rings is 2. The lowest BCUT2D eigenvalue weighted by molar-refractivity contribution is -0.139. The van der Waals surface area contributed by atoms with Gasteiger partial charge in [0.15, 0.2) is 4.80 Å². The molecule has 0 aliphatic carbocycles. The van der Waals surface area contributed by atoms with Crippen molar-refractivity contribution in [3.63, 3.8) is 0 Å². The largest absolute Gasteiger partial charge is 0.508 e. The quantitative estimate of drug-likeness (QED) is 0.513. The first kappa shape index (κ1) is 24.8. The Balaban J connectivity index is 1.86. The summed E-state index contributed by atoms with van der Waals surface area (Å²) in [4.78, 5) is 33.6. The Morgan fingerprint density at radius 2 is 1.97 bits per heavy atom. The molecule has 0 amide bonds. The van der Waals surface area contributed by atoms with Gasteiger partial charge < -0.3 is 14.7 Å². The lowest BCUT2D eigenvalue weighted by atomic mass is 9.95. The number of aromatic hydroxyl groups is 1. The predicted molar refractivity (Wildman–Crippen MR) is 139 cm³/mol. The molecule has 1 unspecified atom stereocenters. The van der Waals surface area contributed by atoms with Gasteiger partial charge in [0.25, 0.3) is 5.56 Å². The van der Waals surface area contributed by atoms with Crippen molar-refractivity contribution in [3.05, 3.63) is 89.6 Å². The minimum absolute atomic E-state index is 0.109. The number of phenols is 1. The van der Waals surface area contributed by atoms with Gasteiger partial charge in [-0.2, -0.15) is 0 Å². The number of halogens is 1. The summed E-state index contributed by atoms with van der Waals surface area (Å²) in [6, 6.07) is 11.9. The first-order valence-corrected chi connectivity index (χ1v) is 12.3. The summed E-state index contributed by atoms with van der Waals surface area (Å²) < 4.78 is 7.35. The molecular formula is C26H26ClN3O4S. The smallest absolute Gasteiger partial charge is 0.338 e.